The van der Waals surface area contributed by atoms with Gasteiger partial charge in [-0.15, -0.1) is 0 Å². The summed E-state index contributed by atoms with van der Waals surface area (Å²) in [6.07, 6.45) is 0.243. The Morgan fingerprint density at radius 2 is 1.59 bits per heavy atom. The van der Waals surface area contributed by atoms with E-state index in [4.69, 9.17) is 33.1 Å². The fraction of sp³-hybridized carbons (Fsp3) is 0.625. The molecule has 0 aromatic carbocycles. The van der Waals surface area contributed by atoms with E-state index < -0.39 is 24.0 Å². The zero-order chi connectivity index (χ0) is 14.0. The van der Waals surface area contributed by atoms with Gasteiger partial charge in [-0.2, -0.15) is 0 Å². The van der Waals surface area contributed by atoms with Gasteiger partial charge in [0.15, 0.2) is 5.96 Å². The van der Waals surface area contributed by atoms with Crippen molar-refractivity contribution in [3.8, 4) is 0 Å². The average Bonchev–Trinajstić information content (AvgIpc) is 2.17. The number of nitrogens with zero attached hydrogens (tertiary/aromatic N) is 1. The molecule has 100 valence electrons. The van der Waals surface area contributed by atoms with Gasteiger partial charge in [0.2, 0.25) is 0 Å². The van der Waals surface area contributed by atoms with E-state index in [0.717, 1.165) is 0 Å². The first-order chi connectivity index (χ1) is 7.68. The highest BCUT2D eigenvalue weighted by Crippen LogP contribution is 1.87. The molecule has 9 nitrogen and oxygen atoms in total. The first-order valence-electron chi connectivity index (χ1n) is 4.70. The van der Waals surface area contributed by atoms with E-state index in [1.807, 2.05) is 0 Å². The van der Waals surface area contributed by atoms with Crippen LogP contribution in [0.15, 0.2) is 4.99 Å². The van der Waals surface area contributed by atoms with Gasteiger partial charge in [-0.3, -0.25) is 14.6 Å². The van der Waals surface area contributed by atoms with Gasteiger partial charge >= 0.3 is 11.9 Å². The summed E-state index contributed by atoms with van der Waals surface area (Å²) < 4.78 is 0. The number of guanidine groups is 1. The topological polar surface area (TPSA) is 191 Å². The number of rotatable bonds is 5. The Labute approximate surface area is 98.5 Å². The van der Waals surface area contributed by atoms with Crippen molar-refractivity contribution in [3.05, 3.63) is 0 Å². The normalized spacial score (nSPS) is 12.6. The smallest absolute Gasteiger partial charge is 0.320 e. The van der Waals surface area contributed by atoms with Crippen molar-refractivity contribution >= 4 is 17.9 Å². The van der Waals surface area contributed by atoms with Crippen LogP contribution in [0, 0.1) is 0 Å². The molecule has 0 bridgehead atoms. The van der Waals surface area contributed by atoms with E-state index in [1.54, 1.807) is 0 Å². The quantitative estimate of drug-likeness (QED) is 0.227. The van der Waals surface area contributed by atoms with Gasteiger partial charge in [-0.25, -0.2) is 0 Å². The lowest BCUT2D eigenvalue weighted by Crippen LogP contribution is -2.31. The number of aliphatic imine (C=N–C) groups is 1. The predicted molar refractivity (Wildman–Crippen MR) is 62.2 cm³/mol. The van der Waals surface area contributed by atoms with Crippen LogP contribution >= 0.6 is 0 Å². The predicted octanol–water partition coefficient (Wildman–Crippen LogP) is -2.52. The summed E-state index contributed by atoms with van der Waals surface area (Å²) in [5.41, 5.74) is 20.0. The highest BCUT2D eigenvalue weighted by molar-refractivity contribution is 5.76. The van der Waals surface area contributed by atoms with E-state index in [-0.39, 0.29) is 18.9 Å². The van der Waals surface area contributed by atoms with E-state index in [2.05, 4.69) is 4.99 Å². The Morgan fingerprint density at radius 3 is 1.82 bits per heavy atom. The van der Waals surface area contributed by atoms with Crippen LogP contribution in [-0.4, -0.2) is 46.7 Å². The molecule has 0 aliphatic heterocycles. The van der Waals surface area contributed by atoms with Crippen molar-refractivity contribution in [2.75, 3.05) is 6.54 Å². The highest BCUT2D eigenvalue weighted by atomic mass is 16.4. The third kappa shape index (κ3) is 14.1. The van der Waals surface area contributed by atoms with E-state index in [1.165, 1.54) is 6.92 Å². The van der Waals surface area contributed by atoms with Crippen molar-refractivity contribution in [1.82, 2.24) is 0 Å². The van der Waals surface area contributed by atoms with Crippen molar-refractivity contribution in [2.45, 2.75) is 25.4 Å². The Balaban J connectivity index is 0. The molecule has 0 amide bonds. The summed E-state index contributed by atoms with van der Waals surface area (Å²) in [5.74, 6) is -2.06. The maximum absolute atomic E-state index is 10.1. The zero-order valence-electron chi connectivity index (χ0n) is 9.54. The molecule has 0 spiro atoms. The molecule has 2 atom stereocenters. The van der Waals surface area contributed by atoms with Gasteiger partial charge in [0.1, 0.15) is 12.1 Å². The number of hydrogen-bond acceptors (Lipinski definition) is 5. The molecule has 0 aromatic heterocycles. The highest BCUT2D eigenvalue weighted by Gasteiger charge is 2.09. The molecule has 1 unspecified atom stereocenters. The third-order valence-electron chi connectivity index (χ3n) is 1.44. The molecule has 0 saturated carbocycles. The zero-order valence-corrected chi connectivity index (χ0v) is 9.54. The van der Waals surface area contributed by atoms with Crippen LogP contribution in [0.2, 0.25) is 0 Å². The maximum atomic E-state index is 10.1. The minimum atomic E-state index is -1.05. The fourth-order valence-electron chi connectivity index (χ4n) is 0.456. The van der Waals surface area contributed by atoms with Crippen molar-refractivity contribution in [1.29, 1.82) is 0 Å². The van der Waals surface area contributed by atoms with Crippen LogP contribution < -0.4 is 22.9 Å². The Kier molecular flexibility index (Phi) is 9.65. The van der Waals surface area contributed by atoms with Crippen LogP contribution in [-0.2, 0) is 9.59 Å². The summed E-state index contributed by atoms with van der Waals surface area (Å²) >= 11 is 0. The second-order valence-electron chi connectivity index (χ2n) is 3.17. The maximum Gasteiger partial charge on any atom is 0.320 e. The van der Waals surface area contributed by atoms with E-state index in [0.29, 0.717) is 0 Å². The van der Waals surface area contributed by atoms with Gasteiger partial charge in [0.05, 0.1) is 0 Å². The molecule has 0 aliphatic rings. The average molecular weight is 249 g/mol. The standard InChI is InChI=1S/C5H12N4O2.C3H7NO2/c6-3(4(10)11)1-2-9-5(7)8;1-2(4)3(5)6/h3H,1-2,6H2,(H,10,11)(H4,7,8,9);2H,4H2,1H3,(H,5,6)/t;2-/m.0/s1. The number of nitrogens with two attached hydrogens (primary N) is 4. The lowest BCUT2D eigenvalue weighted by Gasteiger charge is -2.02. The monoisotopic (exact) mass is 249 g/mol. The Hall–Kier alpha value is -1.87. The molecule has 0 fully saturated rings. The van der Waals surface area contributed by atoms with Gasteiger partial charge in [0.25, 0.3) is 0 Å². The molecule has 0 radical (unpaired) electrons. The summed E-state index contributed by atoms with van der Waals surface area (Å²) in [6, 6.07) is -1.62. The molecular weight excluding hydrogens is 230 g/mol. The largest absolute Gasteiger partial charge is 0.480 e. The SMILES string of the molecule is C[C@H](N)C(=O)O.NC(N)=NCCC(N)C(=O)O. The Bertz CT molecular complexity index is 275. The van der Waals surface area contributed by atoms with Crippen LogP contribution in [0.5, 0.6) is 0 Å². The third-order valence-corrected chi connectivity index (χ3v) is 1.44. The van der Waals surface area contributed by atoms with Gasteiger partial charge < -0.3 is 33.1 Å². The summed E-state index contributed by atoms with van der Waals surface area (Å²) in [7, 11) is 0. The summed E-state index contributed by atoms with van der Waals surface area (Å²) in [5, 5.41) is 16.2. The number of hydrogen-bond donors (Lipinski definition) is 6. The summed E-state index contributed by atoms with van der Waals surface area (Å²) in [4.78, 5) is 23.3. The molecule has 0 aromatic rings. The van der Waals surface area contributed by atoms with Crippen LogP contribution in [0.1, 0.15) is 13.3 Å². The van der Waals surface area contributed by atoms with Crippen LogP contribution in [0.25, 0.3) is 0 Å². The minimum Gasteiger partial charge on any atom is -0.480 e. The van der Waals surface area contributed by atoms with Crippen LogP contribution in [0.4, 0.5) is 0 Å². The van der Waals surface area contributed by atoms with Gasteiger partial charge in [0, 0.05) is 6.54 Å². The lowest BCUT2D eigenvalue weighted by molar-refractivity contribution is -0.139. The molecule has 0 rings (SSSR count). The lowest BCUT2D eigenvalue weighted by atomic mass is 10.2. The molecule has 9 heteroatoms. The van der Waals surface area contributed by atoms with Gasteiger partial charge in [-0.05, 0) is 13.3 Å². The second kappa shape index (κ2) is 9.36. The molecule has 0 heterocycles. The van der Waals surface area contributed by atoms with Gasteiger partial charge in [-0.1, -0.05) is 0 Å². The molecule has 10 N–H and O–H groups in total. The van der Waals surface area contributed by atoms with Crippen molar-refractivity contribution < 1.29 is 19.8 Å². The molecule has 0 aliphatic carbocycles. The van der Waals surface area contributed by atoms with E-state index >= 15 is 0 Å². The van der Waals surface area contributed by atoms with E-state index in [9.17, 15) is 9.59 Å². The van der Waals surface area contributed by atoms with Crippen molar-refractivity contribution in [2.24, 2.45) is 27.9 Å². The number of carboxylic acids is 2. The number of aliphatic carboxylic acids is 2. The molecule has 0 saturated heterocycles. The number of carbonyl (C=O) groups is 2. The fourth-order valence-corrected chi connectivity index (χ4v) is 0.456. The van der Waals surface area contributed by atoms with Crippen LogP contribution in [0.3, 0.4) is 0 Å². The first kappa shape index (κ1) is 17.5. The first-order valence-corrected chi connectivity index (χ1v) is 4.70. The minimum absolute atomic E-state index is 0.0532. The second-order valence-corrected chi connectivity index (χ2v) is 3.17. The number of carboxylic acid groups (broad SMARTS) is 2. The molecule has 17 heavy (non-hydrogen) atoms. The Morgan fingerprint density at radius 1 is 1.18 bits per heavy atom. The summed E-state index contributed by atoms with van der Waals surface area (Å²) in [6.45, 7) is 1.66. The van der Waals surface area contributed by atoms with Crippen molar-refractivity contribution in [3.63, 3.8) is 0 Å². The molecular formula is C8H19N5O4.